The topological polar surface area (TPSA) is 123 Å². The van der Waals surface area contributed by atoms with E-state index in [2.05, 4.69) is 25.0 Å². The van der Waals surface area contributed by atoms with Gasteiger partial charge >= 0.3 is 0 Å². The van der Waals surface area contributed by atoms with Gasteiger partial charge in [-0.2, -0.15) is 11.8 Å². The standard InChI is InChI=1S/C22H23N5O4S2/c1-14-11-20(25-15(2)24-14)27-33(29,30)19-6-4-17(5-7-19)26-22(28)16-3-8-21(23-12-16)31-18-9-10-32-13-18/h3-8,11-12,18H,9-10,13H2,1-2H3,(H,26,28)(H,24,25,27). The summed E-state index contributed by atoms with van der Waals surface area (Å²) in [5.74, 6) is 2.84. The molecular formula is C22H23N5O4S2. The molecular weight excluding hydrogens is 462 g/mol. The van der Waals surface area contributed by atoms with E-state index in [1.807, 2.05) is 11.8 Å². The van der Waals surface area contributed by atoms with Gasteiger partial charge in [-0.1, -0.05) is 0 Å². The molecule has 1 aromatic carbocycles. The van der Waals surface area contributed by atoms with Gasteiger partial charge in [-0.3, -0.25) is 9.52 Å². The van der Waals surface area contributed by atoms with Crippen LogP contribution in [-0.4, -0.2) is 46.9 Å². The summed E-state index contributed by atoms with van der Waals surface area (Å²) < 4.78 is 33.5. The largest absolute Gasteiger partial charge is 0.473 e. The number of hydrogen-bond acceptors (Lipinski definition) is 8. The lowest BCUT2D eigenvalue weighted by atomic mass is 10.2. The normalized spacial score (nSPS) is 15.8. The Balaban J connectivity index is 1.38. The average molecular weight is 486 g/mol. The maximum absolute atomic E-state index is 12.7. The van der Waals surface area contributed by atoms with E-state index in [9.17, 15) is 13.2 Å². The predicted molar refractivity (Wildman–Crippen MR) is 127 cm³/mol. The minimum absolute atomic E-state index is 0.0441. The van der Waals surface area contributed by atoms with Crippen molar-refractivity contribution in [3.8, 4) is 5.88 Å². The first-order chi connectivity index (χ1) is 15.8. The van der Waals surface area contributed by atoms with E-state index in [1.54, 1.807) is 32.0 Å². The van der Waals surface area contributed by atoms with Crippen LogP contribution < -0.4 is 14.8 Å². The number of carbonyl (C=O) groups is 1. The van der Waals surface area contributed by atoms with E-state index < -0.39 is 10.0 Å². The van der Waals surface area contributed by atoms with Gasteiger partial charge in [0, 0.05) is 35.5 Å². The summed E-state index contributed by atoms with van der Waals surface area (Å²) in [5.41, 5.74) is 1.48. The highest BCUT2D eigenvalue weighted by atomic mass is 32.2. The van der Waals surface area contributed by atoms with Crippen LogP contribution in [-0.2, 0) is 10.0 Å². The van der Waals surface area contributed by atoms with Crippen LogP contribution in [0.15, 0.2) is 53.6 Å². The number of benzene rings is 1. The van der Waals surface area contributed by atoms with Crippen LogP contribution in [0.25, 0.3) is 0 Å². The quantitative estimate of drug-likeness (QED) is 0.522. The van der Waals surface area contributed by atoms with E-state index in [4.69, 9.17) is 4.74 Å². The summed E-state index contributed by atoms with van der Waals surface area (Å²) in [6.45, 7) is 3.45. The maximum Gasteiger partial charge on any atom is 0.263 e. The van der Waals surface area contributed by atoms with Crippen molar-refractivity contribution in [2.75, 3.05) is 21.5 Å². The molecule has 1 saturated heterocycles. The van der Waals surface area contributed by atoms with Gasteiger partial charge in [0.25, 0.3) is 15.9 Å². The molecule has 4 rings (SSSR count). The van der Waals surface area contributed by atoms with Gasteiger partial charge in [0.2, 0.25) is 5.88 Å². The third-order valence-corrected chi connectivity index (χ3v) is 7.30. The number of nitrogens with one attached hydrogen (secondary N) is 2. The van der Waals surface area contributed by atoms with Crippen LogP contribution in [0.2, 0.25) is 0 Å². The number of nitrogens with zero attached hydrogens (tertiary/aromatic N) is 3. The van der Waals surface area contributed by atoms with Crippen molar-refractivity contribution in [3.63, 3.8) is 0 Å². The van der Waals surface area contributed by atoms with Gasteiger partial charge in [-0.25, -0.2) is 23.4 Å². The summed E-state index contributed by atoms with van der Waals surface area (Å²) >= 11 is 1.85. The highest BCUT2D eigenvalue weighted by Crippen LogP contribution is 2.22. The smallest absolute Gasteiger partial charge is 0.263 e. The summed E-state index contributed by atoms with van der Waals surface area (Å²) in [6, 6.07) is 10.7. The van der Waals surface area contributed by atoms with Crippen LogP contribution in [0.3, 0.4) is 0 Å². The molecule has 172 valence electrons. The Labute approximate surface area is 196 Å². The number of sulfonamides is 1. The van der Waals surface area contributed by atoms with Gasteiger partial charge in [0.05, 0.1) is 10.5 Å². The van der Waals surface area contributed by atoms with Gasteiger partial charge in [0.15, 0.2) is 0 Å². The van der Waals surface area contributed by atoms with Crippen molar-refractivity contribution < 1.29 is 17.9 Å². The van der Waals surface area contributed by atoms with Crippen molar-refractivity contribution in [2.24, 2.45) is 0 Å². The SMILES string of the molecule is Cc1cc(NS(=O)(=O)c2ccc(NC(=O)c3ccc(OC4CCSC4)nc3)cc2)nc(C)n1. The van der Waals surface area contributed by atoms with Gasteiger partial charge in [-0.15, -0.1) is 0 Å². The molecule has 2 aromatic heterocycles. The summed E-state index contributed by atoms with van der Waals surface area (Å²) in [7, 11) is -3.84. The first-order valence-electron chi connectivity index (χ1n) is 10.3. The fourth-order valence-electron chi connectivity index (χ4n) is 3.25. The lowest BCUT2D eigenvalue weighted by Crippen LogP contribution is -2.16. The Morgan fingerprint density at radius 3 is 2.55 bits per heavy atom. The molecule has 9 nitrogen and oxygen atoms in total. The number of rotatable bonds is 7. The molecule has 1 atom stereocenters. The van der Waals surface area contributed by atoms with Crippen molar-refractivity contribution in [1.29, 1.82) is 0 Å². The Morgan fingerprint density at radius 1 is 1.12 bits per heavy atom. The molecule has 3 aromatic rings. The number of aryl methyl sites for hydroxylation is 2. The predicted octanol–water partition coefficient (Wildman–Crippen LogP) is 3.43. The van der Waals surface area contributed by atoms with Crippen LogP contribution in [0.1, 0.15) is 28.3 Å². The number of thioether (sulfide) groups is 1. The van der Waals surface area contributed by atoms with Crippen molar-refractivity contribution in [2.45, 2.75) is 31.3 Å². The third kappa shape index (κ3) is 5.99. The maximum atomic E-state index is 12.7. The fourth-order valence-corrected chi connectivity index (χ4v) is 5.33. The molecule has 0 aliphatic carbocycles. The number of hydrogen-bond donors (Lipinski definition) is 2. The molecule has 0 saturated carbocycles. The Bertz CT molecular complexity index is 1220. The zero-order valence-electron chi connectivity index (χ0n) is 18.1. The molecule has 1 fully saturated rings. The first kappa shape index (κ1) is 23.0. The lowest BCUT2D eigenvalue weighted by Gasteiger charge is -2.12. The Morgan fingerprint density at radius 2 is 1.91 bits per heavy atom. The molecule has 0 radical (unpaired) electrons. The molecule has 1 aliphatic heterocycles. The second kappa shape index (κ2) is 9.75. The number of anilines is 2. The van der Waals surface area contributed by atoms with Crippen molar-refractivity contribution >= 4 is 39.2 Å². The lowest BCUT2D eigenvalue weighted by molar-refractivity contribution is 0.102. The van der Waals surface area contributed by atoms with Crippen LogP contribution in [0, 0.1) is 13.8 Å². The summed E-state index contributed by atoms with van der Waals surface area (Å²) in [4.78, 5) is 25.0. The fraction of sp³-hybridized carbons (Fsp3) is 0.273. The molecule has 3 heterocycles. The second-order valence-electron chi connectivity index (χ2n) is 7.51. The minimum atomic E-state index is -3.84. The van der Waals surface area contributed by atoms with E-state index in [-0.39, 0.29) is 22.7 Å². The van der Waals surface area contributed by atoms with Crippen LogP contribution in [0.4, 0.5) is 11.5 Å². The molecule has 1 amide bonds. The van der Waals surface area contributed by atoms with Gasteiger partial charge in [0.1, 0.15) is 17.7 Å². The molecule has 33 heavy (non-hydrogen) atoms. The van der Waals surface area contributed by atoms with E-state index >= 15 is 0 Å². The summed E-state index contributed by atoms with van der Waals surface area (Å²) in [6.07, 6.45) is 2.61. The number of aromatic nitrogens is 3. The van der Waals surface area contributed by atoms with E-state index in [1.165, 1.54) is 30.5 Å². The average Bonchev–Trinajstić information content (AvgIpc) is 3.26. The first-order valence-corrected chi connectivity index (χ1v) is 12.9. The number of pyridine rings is 1. The second-order valence-corrected chi connectivity index (χ2v) is 10.3. The molecule has 2 N–H and O–H groups in total. The molecule has 11 heteroatoms. The third-order valence-electron chi connectivity index (χ3n) is 4.80. The minimum Gasteiger partial charge on any atom is -0.473 e. The zero-order chi connectivity index (χ0) is 23.4. The molecule has 1 aliphatic rings. The van der Waals surface area contributed by atoms with E-state index in [0.717, 1.165) is 17.9 Å². The highest BCUT2D eigenvalue weighted by Gasteiger charge is 2.18. The summed E-state index contributed by atoms with van der Waals surface area (Å²) in [5, 5.41) is 2.74. The van der Waals surface area contributed by atoms with Gasteiger partial charge < -0.3 is 10.1 Å². The number of carbonyl (C=O) groups excluding carboxylic acids is 1. The van der Waals surface area contributed by atoms with Crippen LogP contribution >= 0.6 is 11.8 Å². The monoisotopic (exact) mass is 485 g/mol. The number of amides is 1. The van der Waals surface area contributed by atoms with Gasteiger partial charge in [-0.05, 0) is 56.4 Å². The zero-order valence-corrected chi connectivity index (χ0v) is 19.7. The molecule has 0 bridgehead atoms. The van der Waals surface area contributed by atoms with E-state index in [0.29, 0.717) is 28.6 Å². The highest BCUT2D eigenvalue weighted by molar-refractivity contribution is 7.99. The van der Waals surface area contributed by atoms with Crippen molar-refractivity contribution in [3.05, 3.63) is 65.7 Å². The van der Waals surface area contributed by atoms with Crippen molar-refractivity contribution in [1.82, 2.24) is 15.0 Å². The Kier molecular flexibility index (Phi) is 6.80. The number of ether oxygens (including phenoxy) is 1. The molecule has 0 spiro atoms. The molecule has 1 unspecified atom stereocenters. The Hall–Kier alpha value is -3.18. The van der Waals surface area contributed by atoms with Crippen LogP contribution in [0.5, 0.6) is 5.88 Å².